The first kappa shape index (κ1) is 17.3. The van der Waals surface area contributed by atoms with Crippen LogP contribution in [0.4, 0.5) is 0 Å². The fraction of sp³-hybridized carbons (Fsp3) is 0.400. The van der Waals surface area contributed by atoms with Crippen molar-refractivity contribution in [3.63, 3.8) is 0 Å². The van der Waals surface area contributed by atoms with Crippen molar-refractivity contribution in [2.24, 2.45) is 4.99 Å². The van der Waals surface area contributed by atoms with Gasteiger partial charge in [0.2, 0.25) is 0 Å². The van der Waals surface area contributed by atoms with E-state index in [1.807, 2.05) is 18.2 Å². The number of aromatic nitrogens is 1. The fourth-order valence-electron chi connectivity index (χ4n) is 3.22. The largest absolute Gasteiger partial charge is 0.497 e. The number of carbonyl (C=O) groups excluding carboxylic acids is 1. The summed E-state index contributed by atoms with van der Waals surface area (Å²) in [5.41, 5.74) is 1.14. The monoisotopic (exact) mass is 340 g/mol. The zero-order valence-electron chi connectivity index (χ0n) is 14.8. The van der Waals surface area contributed by atoms with Gasteiger partial charge in [-0.05, 0) is 43.2 Å². The molecular formula is C20H24N2O3. The van der Waals surface area contributed by atoms with Crippen LogP contribution in [0.1, 0.15) is 42.5 Å². The van der Waals surface area contributed by atoms with E-state index in [1.54, 1.807) is 43.2 Å². The van der Waals surface area contributed by atoms with Crippen LogP contribution in [-0.2, 0) is 0 Å². The number of nitrogens with zero attached hydrogens (tertiary/aromatic N) is 2. The summed E-state index contributed by atoms with van der Waals surface area (Å²) in [4.78, 5) is 18.0. The molecule has 1 aliphatic carbocycles. The average Bonchev–Trinajstić information content (AvgIpc) is 2.68. The molecule has 0 bridgehead atoms. The lowest BCUT2D eigenvalue weighted by Crippen LogP contribution is -2.29. The molecule has 0 N–H and O–H groups in total. The van der Waals surface area contributed by atoms with Gasteiger partial charge in [-0.15, -0.1) is 0 Å². The molecule has 0 unspecified atom stereocenters. The highest BCUT2D eigenvalue weighted by Gasteiger charge is 2.17. The first-order valence-electron chi connectivity index (χ1n) is 8.71. The van der Waals surface area contributed by atoms with E-state index in [9.17, 15) is 4.79 Å². The van der Waals surface area contributed by atoms with Gasteiger partial charge in [-0.2, -0.15) is 0 Å². The van der Waals surface area contributed by atoms with Crippen molar-refractivity contribution in [1.29, 1.82) is 0 Å². The zero-order chi connectivity index (χ0) is 17.6. The summed E-state index contributed by atoms with van der Waals surface area (Å²) in [7, 11) is 3.14. The zero-order valence-corrected chi connectivity index (χ0v) is 14.8. The Labute approximate surface area is 147 Å². The highest BCUT2D eigenvalue weighted by atomic mass is 16.5. The summed E-state index contributed by atoms with van der Waals surface area (Å²) in [6, 6.07) is 11.2. The van der Waals surface area contributed by atoms with Crippen molar-refractivity contribution < 1.29 is 14.3 Å². The van der Waals surface area contributed by atoms with Crippen molar-refractivity contribution in [1.82, 2.24) is 4.57 Å². The molecule has 1 fully saturated rings. The van der Waals surface area contributed by atoms with E-state index < -0.39 is 0 Å². The van der Waals surface area contributed by atoms with E-state index >= 15 is 0 Å². The SMILES string of the molecule is COc1ccc(OC)c(C(=O)n2ccccc2=NC2CCCCC2)c1. The number of rotatable bonds is 4. The summed E-state index contributed by atoms with van der Waals surface area (Å²) < 4.78 is 12.2. The van der Waals surface area contributed by atoms with E-state index in [2.05, 4.69) is 0 Å². The molecule has 1 heterocycles. The Hall–Kier alpha value is -2.56. The third-order valence-electron chi connectivity index (χ3n) is 4.58. The van der Waals surface area contributed by atoms with Crippen molar-refractivity contribution in [2.45, 2.75) is 38.1 Å². The van der Waals surface area contributed by atoms with Gasteiger partial charge in [-0.25, -0.2) is 0 Å². The lowest BCUT2D eigenvalue weighted by molar-refractivity contribution is 0.0951. The molecule has 0 aliphatic heterocycles. The highest BCUT2D eigenvalue weighted by Crippen LogP contribution is 2.24. The van der Waals surface area contributed by atoms with Crippen LogP contribution in [0.3, 0.4) is 0 Å². The van der Waals surface area contributed by atoms with Crippen molar-refractivity contribution in [3.8, 4) is 11.5 Å². The maximum Gasteiger partial charge on any atom is 0.267 e. The molecule has 1 aliphatic rings. The number of benzene rings is 1. The third-order valence-corrected chi connectivity index (χ3v) is 4.58. The molecule has 0 atom stereocenters. The Kier molecular flexibility index (Phi) is 5.53. The molecule has 5 heteroatoms. The van der Waals surface area contributed by atoms with Gasteiger partial charge in [0, 0.05) is 6.20 Å². The van der Waals surface area contributed by atoms with Gasteiger partial charge in [0.05, 0.1) is 25.8 Å². The normalized spacial score (nSPS) is 15.8. The fourth-order valence-corrected chi connectivity index (χ4v) is 3.22. The lowest BCUT2D eigenvalue weighted by atomic mass is 9.96. The van der Waals surface area contributed by atoms with Gasteiger partial charge in [-0.3, -0.25) is 14.4 Å². The molecule has 0 amide bonds. The minimum absolute atomic E-state index is 0.175. The molecule has 3 rings (SSSR count). The number of hydrogen-bond acceptors (Lipinski definition) is 4. The Balaban J connectivity index is 2.02. The molecule has 1 aromatic carbocycles. The molecule has 132 valence electrons. The maximum atomic E-state index is 13.1. The number of carbonyl (C=O) groups is 1. The minimum Gasteiger partial charge on any atom is -0.497 e. The Morgan fingerprint density at radius 2 is 1.88 bits per heavy atom. The van der Waals surface area contributed by atoms with Crippen LogP contribution in [0.2, 0.25) is 0 Å². The minimum atomic E-state index is -0.175. The van der Waals surface area contributed by atoms with Gasteiger partial charge in [0.25, 0.3) is 5.91 Å². The predicted octanol–water partition coefficient (Wildman–Crippen LogP) is 3.43. The lowest BCUT2D eigenvalue weighted by Gasteiger charge is -2.18. The van der Waals surface area contributed by atoms with Gasteiger partial charge < -0.3 is 9.47 Å². The van der Waals surface area contributed by atoms with Crippen LogP contribution in [0.25, 0.3) is 0 Å². The molecular weight excluding hydrogens is 316 g/mol. The summed E-state index contributed by atoms with van der Waals surface area (Å²) in [5.74, 6) is 0.961. The molecule has 25 heavy (non-hydrogen) atoms. The second-order valence-electron chi connectivity index (χ2n) is 6.22. The van der Waals surface area contributed by atoms with Gasteiger partial charge in [0.1, 0.15) is 17.0 Å². The highest BCUT2D eigenvalue weighted by molar-refractivity contribution is 5.98. The van der Waals surface area contributed by atoms with Crippen molar-refractivity contribution >= 4 is 5.91 Å². The summed E-state index contributed by atoms with van der Waals surface area (Å²) >= 11 is 0. The quantitative estimate of drug-likeness (QED) is 0.857. The molecule has 2 aromatic rings. The molecule has 0 radical (unpaired) electrons. The molecule has 1 aromatic heterocycles. The van der Waals surface area contributed by atoms with Crippen LogP contribution in [-0.4, -0.2) is 30.7 Å². The van der Waals surface area contributed by atoms with Crippen LogP contribution < -0.4 is 15.0 Å². The van der Waals surface area contributed by atoms with Gasteiger partial charge in [-0.1, -0.05) is 25.3 Å². The van der Waals surface area contributed by atoms with E-state index in [0.29, 0.717) is 28.6 Å². The first-order chi connectivity index (χ1) is 12.2. The number of pyridine rings is 1. The van der Waals surface area contributed by atoms with Crippen LogP contribution in [0.5, 0.6) is 11.5 Å². The predicted molar refractivity (Wildman–Crippen MR) is 96.1 cm³/mol. The van der Waals surface area contributed by atoms with E-state index in [4.69, 9.17) is 14.5 Å². The second kappa shape index (κ2) is 8.01. The molecule has 1 saturated carbocycles. The second-order valence-corrected chi connectivity index (χ2v) is 6.22. The van der Waals surface area contributed by atoms with Crippen LogP contribution in [0.15, 0.2) is 47.6 Å². The van der Waals surface area contributed by atoms with Crippen molar-refractivity contribution in [3.05, 3.63) is 53.6 Å². The van der Waals surface area contributed by atoms with E-state index in [0.717, 1.165) is 12.8 Å². The maximum absolute atomic E-state index is 13.1. The Morgan fingerprint density at radius 1 is 1.08 bits per heavy atom. The number of hydrogen-bond donors (Lipinski definition) is 0. The smallest absolute Gasteiger partial charge is 0.267 e. The standard InChI is InChI=1S/C20H24N2O3/c1-24-16-11-12-18(25-2)17(14-16)20(23)22-13-7-6-10-19(22)21-15-8-4-3-5-9-15/h6-7,10-15H,3-5,8-9H2,1-2H3. The summed E-state index contributed by atoms with van der Waals surface area (Å²) in [5, 5.41) is 0. The molecule has 0 saturated heterocycles. The number of methoxy groups -OCH3 is 2. The molecule has 0 spiro atoms. The Morgan fingerprint density at radius 3 is 2.60 bits per heavy atom. The average molecular weight is 340 g/mol. The summed E-state index contributed by atoms with van der Waals surface area (Å²) in [6.07, 6.45) is 7.62. The topological polar surface area (TPSA) is 52.8 Å². The van der Waals surface area contributed by atoms with Crippen LogP contribution >= 0.6 is 0 Å². The molecule has 5 nitrogen and oxygen atoms in total. The van der Waals surface area contributed by atoms with Crippen LogP contribution in [0, 0.1) is 0 Å². The van der Waals surface area contributed by atoms with Gasteiger partial charge in [0.15, 0.2) is 0 Å². The van der Waals surface area contributed by atoms with E-state index in [-0.39, 0.29) is 5.91 Å². The third kappa shape index (κ3) is 3.92. The number of ether oxygens (including phenoxy) is 2. The first-order valence-corrected chi connectivity index (χ1v) is 8.71. The Bertz CT molecular complexity index is 805. The van der Waals surface area contributed by atoms with Gasteiger partial charge >= 0.3 is 0 Å². The summed E-state index contributed by atoms with van der Waals surface area (Å²) in [6.45, 7) is 0. The van der Waals surface area contributed by atoms with Crippen molar-refractivity contribution in [2.75, 3.05) is 14.2 Å². The van der Waals surface area contributed by atoms with E-state index in [1.165, 1.54) is 19.3 Å².